The second kappa shape index (κ2) is 9.13. The van der Waals surface area contributed by atoms with Crippen LogP contribution >= 0.6 is 0 Å². The van der Waals surface area contributed by atoms with Gasteiger partial charge in [-0.15, -0.1) is 24.7 Å². The predicted molar refractivity (Wildman–Crippen MR) is 67.6 cm³/mol. The highest BCUT2D eigenvalue weighted by Gasteiger charge is 2.14. The molecule has 0 aromatic rings. The minimum Gasteiger partial charge on any atom is -0.481 e. The normalized spacial score (nSPS) is 13.0. The summed E-state index contributed by atoms with van der Waals surface area (Å²) in [5, 5.41) is 17.1. The molecule has 0 bridgehead atoms. The van der Waals surface area contributed by atoms with Crippen molar-refractivity contribution in [2.75, 3.05) is 0 Å². The molecule has 2 unspecified atom stereocenters. The Kier molecular flexibility index (Phi) is 8.14. The maximum atomic E-state index is 10.4. The van der Waals surface area contributed by atoms with Crippen LogP contribution < -0.4 is 0 Å². The largest absolute Gasteiger partial charge is 0.481 e. The summed E-state index contributed by atoms with van der Waals surface area (Å²) in [6.45, 7) is 0. The molecule has 4 heteroatoms. The molecule has 0 amide bonds. The van der Waals surface area contributed by atoms with Gasteiger partial charge >= 0.3 is 11.9 Å². The van der Waals surface area contributed by atoms with E-state index in [1.807, 2.05) is 0 Å². The SMILES string of the molecule is C#CC(CCCC(=O)O)CC(C#C)CCC(=O)O. The van der Waals surface area contributed by atoms with Crippen molar-refractivity contribution in [3.8, 4) is 24.7 Å². The van der Waals surface area contributed by atoms with Crippen molar-refractivity contribution in [2.45, 2.75) is 38.5 Å². The average molecular weight is 250 g/mol. The quantitative estimate of drug-likeness (QED) is 0.614. The van der Waals surface area contributed by atoms with Gasteiger partial charge in [0.05, 0.1) is 0 Å². The van der Waals surface area contributed by atoms with Crippen LogP contribution in [0.2, 0.25) is 0 Å². The van der Waals surface area contributed by atoms with Gasteiger partial charge in [-0.25, -0.2) is 0 Å². The summed E-state index contributed by atoms with van der Waals surface area (Å²) in [6.07, 6.45) is 12.9. The molecule has 0 aromatic carbocycles. The minimum absolute atomic E-state index is 0.0291. The van der Waals surface area contributed by atoms with E-state index in [0.717, 1.165) is 0 Å². The molecule has 0 aliphatic rings. The number of terminal acetylenes is 2. The summed E-state index contributed by atoms with van der Waals surface area (Å²) in [4.78, 5) is 20.8. The molecule has 0 aliphatic carbocycles. The molecular formula is C14H18O4. The van der Waals surface area contributed by atoms with E-state index in [1.54, 1.807) is 0 Å². The first-order valence-corrected chi connectivity index (χ1v) is 5.85. The van der Waals surface area contributed by atoms with Gasteiger partial charge in [0, 0.05) is 24.7 Å². The summed E-state index contributed by atoms with van der Waals surface area (Å²) in [6, 6.07) is 0. The molecule has 0 radical (unpaired) electrons. The van der Waals surface area contributed by atoms with Crippen LogP contribution in [-0.2, 0) is 9.59 Å². The molecule has 0 heterocycles. The zero-order chi connectivity index (χ0) is 14.0. The third-order valence-electron chi connectivity index (χ3n) is 2.69. The first kappa shape index (κ1) is 16.1. The highest BCUT2D eigenvalue weighted by Crippen LogP contribution is 2.21. The molecule has 0 saturated carbocycles. The van der Waals surface area contributed by atoms with E-state index in [-0.39, 0.29) is 24.7 Å². The zero-order valence-electron chi connectivity index (χ0n) is 10.3. The van der Waals surface area contributed by atoms with E-state index in [9.17, 15) is 9.59 Å². The van der Waals surface area contributed by atoms with E-state index < -0.39 is 11.9 Å². The zero-order valence-corrected chi connectivity index (χ0v) is 10.3. The number of carboxylic acids is 2. The van der Waals surface area contributed by atoms with Gasteiger partial charge in [-0.1, -0.05) is 0 Å². The molecule has 18 heavy (non-hydrogen) atoms. The summed E-state index contributed by atoms with van der Waals surface area (Å²) in [5.74, 6) is 3.18. The van der Waals surface area contributed by atoms with Crippen molar-refractivity contribution in [1.82, 2.24) is 0 Å². The predicted octanol–water partition coefficient (Wildman–Crippen LogP) is 2.00. The van der Waals surface area contributed by atoms with Gasteiger partial charge in [0.15, 0.2) is 0 Å². The lowest BCUT2D eigenvalue weighted by Crippen LogP contribution is -2.09. The van der Waals surface area contributed by atoms with E-state index in [2.05, 4.69) is 11.8 Å². The van der Waals surface area contributed by atoms with Crippen molar-refractivity contribution in [2.24, 2.45) is 11.8 Å². The maximum Gasteiger partial charge on any atom is 0.303 e. The van der Waals surface area contributed by atoms with Crippen LogP contribution in [0.15, 0.2) is 0 Å². The number of carbonyl (C=O) groups is 2. The van der Waals surface area contributed by atoms with Crippen LogP contribution in [0.5, 0.6) is 0 Å². The lowest BCUT2D eigenvalue weighted by atomic mass is 9.89. The number of carboxylic acid groups (broad SMARTS) is 2. The fourth-order valence-electron chi connectivity index (χ4n) is 1.68. The average Bonchev–Trinajstić information content (AvgIpc) is 2.31. The molecule has 0 spiro atoms. The van der Waals surface area contributed by atoms with Crippen molar-refractivity contribution >= 4 is 11.9 Å². The lowest BCUT2D eigenvalue weighted by Gasteiger charge is -2.14. The first-order valence-electron chi connectivity index (χ1n) is 5.85. The van der Waals surface area contributed by atoms with E-state index in [1.165, 1.54) is 0 Å². The Bertz CT molecular complexity index is 359. The minimum atomic E-state index is -0.876. The van der Waals surface area contributed by atoms with Gasteiger partial charge in [0.25, 0.3) is 0 Å². The smallest absolute Gasteiger partial charge is 0.303 e. The molecular weight excluding hydrogens is 232 g/mol. The van der Waals surface area contributed by atoms with E-state index in [0.29, 0.717) is 25.7 Å². The standard InChI is InChI=1S/C14H18O4/c1-3-11(6-5-7-13(15)16)10-12(4-2)8-9-14(17)18/h1-2,11-12H,5-10H2,(H,15,16)(H,17,18). The van der Waals surface area contributed by atoms with Crippen LogP contribution in [0.4, 0.5) is 0 Å². The molecule has 0 saturated heterocycles. The van der Waals surface area contributed by atoms with Gasteiger partial charge in [-0.3, -0.25) is 9.59 Å². The number of hydrogen-bond donors (Lipinski definition) is 2. The maximum absolute atomic E-state index is 10.4. The Labute approximate surface area is 107 Å². The molecule has 2 atom stereocenters. The second-order valence-electron chi connectivity index (χ2n) is 4.18. The monoisotopic (exact) mass is 250 g/mol. The highest BCUT2D eigenvalue weighted by molar-refractivity contribution is 5.66. The molecule has 0 aromatic heterocycles. The Morgan fingerprint density at radius 2 is 1.44 bits per heavy atom. The van der Waals surface area contributed by atoms with E-state index >= 15 is 0 Å². The first-order chi connectivity index (χ1) is 8.49. The van der Waals surface area contributed by atoms with Crippen LogP contribution in [0.25, 0.3) is 0 Å². The topological polar surface area (TPSA) is 74.6 Å². The van der Waals surface area contributed by atoms with Gasteiger partial charge in [0.2, 0.25) is 0 Å². The molecule has 98 valence electrons. The summed E-state index contributed by atoms with van der Waals surface area (Å²) < 4.78 is 0. The van der Waals surface area contributed by atoms with Gasteiger partial charge in [-0.2, -0.15) is 0 Å². The molecule has 4 nitrogen and oxygen atoms in total. The number of aliphatic carboxylic acids is 2. The van der Waals surface area contributed by atoms with Gasteiger partial charge in [0.1, 0.15) is 0 Å². The van der Waals surface area contributed by atoms with E-state index in [4.69, 9.17) is 23.1 Å². The van der Waals surface area contributed by atoms with Crippen LogP contribution in [0.3, 0.4) is 0 Å². The van der Waals surface area contributed by atoms with Gasteiger partial charge < -0.3 is 10.2 Å². The Morgan fingerprint density at radius 1 is 0.944 bits per heavy atom. The Balaban J connectivity index is 4.08. The van der Waals surface area contributed by atoms with Crippen LogP contribution in [-0.4, -0.2) is 22.2 Å². The Hall–Kier alpha value is -1.94. The molecule has 0 rings (SSSR count). The van der Waals surface area contributed by atoms with Crippen molar-refractivity contribution < 1.29 is 19.8 Å². The Morgan fingerprint density at radius 3 is 1.89 bits per heavy atom. The number of hydrogen-bond acceptors (Lipinski definition) is 2. The highest BCUT2D eigenvalue weighted by atomic mass is 16.4. The molecule has 2 N–H and O–H groups in total. The summed E-state index contributed by atoms with van der Waals surface area (Å²) >= 11 is 0. The van der Waals surface area contributed by atoms with Crippen molar-refractivity contribution in [1.29, 1.82) is 0 Å². The van der Waals surface area contributed by atoms with Crippen LogP contribution in [0.1, 0.15) is 38.5 Å². The van der Waals surface area contributed by atoms with Crippen molar-refractivity contribution in [3.05, 3.63) is 0 Å². The molecule has 0 fully saturated rings. The third-order valence-corrected chi connectivity index (χ3v) is 2.69. The van der Waals surface area contributed by atoms with Gasteiger partial charge in [-0.05, 0) is 25.7 Å². The fourth-order valence-corrected chi connectivity index (χ4v) is 1.68. The van der Waals surface area contributed by atoms with Crippen molar-refractivity contribution in [3.63, 3.8) is 0 Å². The lowest BCUT2D eigenvalue weighted by molar-refractivity contribution is -0.138. The number of rotatable bonds is 9. The van der Waals surface area contributed by atoms with Crippen LogP contribution in [0, 0.1) is 36.5 Å². The fraction of sp³-hybridized carbons (Fsp3) is 0.571. The summed E-state index contributed by atoms with van der Waals surface area (Å²) in [7, 11) is 0. The summed E-state index contributed by atoms with van der Waals surface area (Å²) in [5.41, 5.74) is 0. The third kappa shape index (κ3) is 8.24. The molecule has 0 aliphatic heterocycles. The second-order valence-corrected chi connectivity index (χ2v) is 4.18.